The SMILES string of the molecule is COCCNC(=O)C1CCC(C(=O)N2CCN(c3ccccc3)CC2)CC1. The first kappa shape index (κ1) is 19.7. The zero-order chi connectivity index (χ0) is 19.1. The van der Waals surface area contributed by atoms with Gasteiger partial charge in [-0.15, -0.1) is 0 Å². The number of carbonyl (C=O) groups is 2. The van der Waals surface area contributed by atoms with E-state index < -0.39 is 0 Å². The number of nitrogens with one attached hydrogen (secondary N) is 1. The third kappa shape index (κ3) is 5.22. The molecule has 2 amide bonds. The van der Waals surface area contributed by atoms with Gasteiger partial charge in [-0.1, -0.05) is 18.2 Å². The van der Waals surface area contributed by atoms with E-state index >= 15 is 0 Å². The summed E-state index contributed by atoms with van der Waals surface area (Å²) in [7, 11) is 1.63. The Bertz CT molecular complexity index is 606. The number of benzene rings is 1. The molecule has 0 unspecified atom stereocenters. The molecule has 0 bridgehead atoms. The number of anilines is 1. The van der Waals surface area contributed by atoms with E-state index in [9.17, 15) is 9.59 Å². The third-order valence-corrected chi connectivity index (χ3v) is 5.77. The van der Waals surface area contributed by atoms with E-state index in [1.165, 1.54) is 5.69 Å². The predicted molar refractivity (Wildman–Crippen MR) is 106 cm³/mol. The summed E-state index contributed by atoms with van der Waals surface area (Å²) in [5, 5.41) is 2.92. The Kier molecular flexibility index (Phi) is 7.10. The molecular weight excluding hydrogens is 342 g/mol. The number of nitrogens with zero attached hydrogens (tertiary/aromatic N) is 2. The van der Waals surface area contributed by atoms with Gasteiger partial charge in [0.2, 0.25) is 11.8 Å². The lowest BCUT2D eigenvalue weighted by Crippen LogP contribution is -2.51. The molecule has 0 aromatic heterocycles. The van der Waals surface area contributed by atoms with Crippen LogP contribution >= 0.6 is 0 Å². The van der Waals surface area contributed by atoms with Crippen molar-refractivity contribution in [2.24, 2.45) is 11.8 Å². The molecule has 0 spiro atoms. The largest absolute Gasteiger partial charge is 0.383 e. The van der Waals surface area contributed by atoms with E-state index in [1.807, 2.05) is 11.0 Å². The maximum absolute atomic E-state index is 12.9. The molecule has 148 valence electrons. The number of hydrogen-bond donors (Lipinski definition) is 1. The summed E-state index contributed by atoms with van der Waals surface area (Å²) >= 11 is 0. The number of amides is 2. The summed E-state index contributed by atoms with van der Waals surface area (Å²) in [4.78, 5) is 29.4. The second kappa shape index (κ2) is 9.74. The van der Waals surface area contributed by atoms with E-state index in [-0.39, 0.29) is 23.7 Å². The van der Waals surface area contributed by atoms with E-state index in [1.54, 1.807) is 7.11 Å². The van der Waals surface area contributed by atoms with Crippen molar-refractivity contribution >= 4 is 17.5 Å². The highest BCUT2D eigenvalue weighted by atomic mass is 16.5. The van der Waals surface area contributed by atoms with Crippen molar-refractivity contribution in [2.75, 3.05) is 51.3 Å². The highest BCUT2D eigenvalue weighted by Crippen LogP contribution is 2.30. The maximum Gasteiger partial charge on any atom is 0.225 e. The summed E-state index contributed by atoms with van der Waals surface area (Å²) in [6, 6.07) is 10.4. The highest BCUT2D eigenvalue weighted by molar-refractivity contribution is 5.81. The molecule has 3 rings (SSSR count). The van der Waals surface area contributed by atoms with Crippen molar-refractivity contribution in [3.05, 3.63) is 30.3 Å². The Morgan fingerprint density at radius 1 is 1.00 bits per heavy atom. The average molecular weight is 373 g/mol. The third-order valence-electron chi connectivity index (χ3n) is 5.77. The average Bonchev–Trinajstić information content (AvgIpc) is 2.74. The van der Waals surface area contributed by atoms with Gasteiger partial charge in [-0.3, -0.25) is 9.59 Å². The fraction of sp³-hybridized carbons (Fsp3) is 0.619. The Labute approximate surface area is 161 Å². The number of rotatable bonds is 6. The van der Waals surface area contributed by atoms with Gasteiger partial charge in [0.1, 0.15) is 0 Å². The van der Waals surface area contributed by atoms with Gasteiger partial charge in [0, 0.05) is 57.4 Å². The molecule has 0 radical (unpaired) electrons. The lowest BCUT2D eigenvalue weighted by molar-refractivity contribution is -0.138. The molecule has 2 aliphatic rings. The van der Waals surface area contributed by atoms with Crippen LogP contribution < -0.4 is 10.2 Å². The summed E-state index contributed by atoms with van der Waals surface area (Å²) in [5.74, 6) is 0.507. The Morgan fingerprint density at radius 3 is 2.26 bits per heavy atom. The summed E-state index contributed by atoms with van der Waals surface area (Å²) < 4.78 is 4.96. The van der Waals surface area contributed by atoms with Crippen molar-refractivity contribution in [2.45, 2.75) is 25.7 Å². The Balaban J connectivity index is 1.41. The standard InChI is InChI=1S/C21H31N3O3/c1-27-16-11-22-20(25)17-7-9-18(10-8-17)21(26)24-14-12-23(13-15-24)19-5-3-2-4-6-19/h2-6,17-18H,7-16H2,1H3,(H,22,25). The lowest BCUT2D eigenvalue weighted by atomic mass is 9.81. The number of piperazine rings is 1. The smallest absolute Gasteiger partial charge is 0.225 e. The van der Waals surface area contributed by atoms with Gasteiger partial charge >= 0.3 is 0 Å². The lowest BCUT2D eigenvalue weighted by Gasteiger charge is -2.38. The van der Waals surface area contributed by atoms with Crippen LogP contribution in [0.4, 0.5) is 5.69 Å². The molecule has 1 aromatic carbocycles. The fourth-order valence-electron chi connectivity index (χ4n) is 4.11. The number of carbonyl (C=O) groups excluding carboxylic acids is 2. The van der Waals surface area contributed by atoms with Gasteiger partial charge in [-0.05, 0) is 37.8 Å². The van der Waals surface area contributed by atoms with Crippen LogP contribution in [0.5, 0.6) is 0 Å². The normalized spacial score (nSPS) is 23.1. The molecule has 1 saturated carbocycles. The minimum Gasteiger partial charge on any atom is -0.383 e. The van der Waals surface area contributed by atoms with Crippen LogP contribution in [0.1, 0.15) is 25.7 Å². The number of ether oxygens (including phenoxy) is 1. The van der Waals surface area contributed by atoms with Crippen LogP contribution in [-0.2, 0) is 14.3 Å². The van der Waals surface area contributed by atoms with Crippen molar-refractivity contribution in [1.29, 1.82) is 0 Å². The van der Waals surface area contributed by atoms with Crippen molar-refractivity contribution in [3.63, 3.8) is 0 Å². The molecule has 1 heterocycles. The van der Waals surface area contributed by atoms with Crippen LogP contribution in [0.3, 0.4) is 0 Å². The van der Waals surface area contributed by atoms with Crippen LogP contribution in [0.2, 0.25) is 0 Å². The first-order chi connectivity index (χ1) is 13.2. The van der Waals surface area contributed by atoms with Gasteiger partial charge in [-0.2, -0.15) is 0 Å². The van der Waals surface area contributed by atoms with Gasteiger partial charge in [0.25, 0.3) is 0 Å². The topological polar surface area (TPSA) is 61.9 Å². The van der Waals surface area contributed by atoms with Crippen LogP contribution in [0.25, 0.3) is 0 Å². The zero-order valence-electron chi connectivity index (χ0n) is 16.2. The van der Waals surface area contributed by atoms with Crippen molar-refractivity contribution in [1.82, 2.24) is 10.2 Å². The fourth-order valence-corrected chi connectivity index (χ4v) is 4.11. The number of methoxy groups -OCH3 is 1. The van der Waals surface area contributed by atoms with Crippen molar-refractivity contribution < 1.29 is 14.3 Å². The van der Waals surface area contributed by atoms with Gasteiger partial charge in [0.05, 0.1) is 6.61 Å². The molecular formula is C21H31N3O3. The second-order valence-electron chi connectivity index (χ2n) is 7.48. The van der Waals surface area contributed by atoms with Crippen molar-refractivity contribution in [3.8, 4) is 0 Å². The first-order valence-corrected chi connectivity index (χ1v) is 10.0. The molecule has 0 atom stereocenters. The van der Waals surface area contributed by atoms with E-state index in [0.717, 1.165) is 51.9 Å². The molecule has 1 aliphatic carbocycles. The summed E-state index contributed by atoms with van der Waals surface area (Å²) in [6.45, 7) is 4.42. The zero-order valence-corrected chi connectivity index (χ0v) is 16.2. The number of para-hydroxylation sites is 1. The Hall–Kier alpha value is -2.08. The summed E-state index contributed by atoms with van der Waals surface area (Å²) in [6.07, 6.45) is 3.25. The summed E-state index contributed by atoms with van der Waals surface area (Å²) in [5.41, 5.74) is 1.23. The minimum atomic E-state index is 0.0424. The molecule has 1 aliphatic heterocycles. The molecule has 1 aromatic rings. The molecule has 27 heavy (non-hydrogen) atoms. The van der Waals surface area contributed by atoms with E-state index in [0.29, 0.717) is 13.2 Å². The van der Waals surface area contributed by atoms with E-state index in [2.05, 4.69) is 34.5 Å². The molecule has 6 heteroatoms. The van der Waals surface area contributed by atoms with Gasteiger partial charge in [-0.25, -0.2) is 0 Å². The molecule has 1 N–H and O–H groups in total. The quantitative estimate of drug-likeness (QED) is 0.774. The monoisotopic (exact) mass is 373 g/mol. The minimum absolute atomic E-state index is 0.0424. The Morgan fingerprint density at radius 2 is 1.63 bits per heavy atom. The highest BCUT2D eigenvalue weighted by Gasteiger charge is 2.33. The first-order valence-electron chi connectivity index (χ1n) is 10.0. The van der Waals surface area contributed by atoms with Crippen LogP contribution in [0.15, 0.2) is 30.3 Å². The van der Waals surface area contributed by atoms with Gasteiger partial charge < -0.3 is 19.9 Å². The number of hydrogen-bond acceptors (Lipinski definition) is 4. The second-order valence-corrected chi connectivity index (χ2v) is 7.48. The van der Waals surface area contributed by atoms with Crippen LogP contribution in [-0.4, -0.2) is 63.2 Å². The van der Waals surface area contributed by atoms with Crippen LogP contribution in [0, 0.1) is 11.8 Å². The predicted octanol–water partition coefficient (Wildman–Crippen LogP) is 1.90. The molecule has 6 nitrogen and oxygen atoms in total. The molecule has 1 saturated heterocycles. The maximum atomic E-state index is 12.9. The van der Waals surface area contributed by atoms with Gasteiger partial charge in [0.15, 0.2) is 0 Å². The molecule has 2 fully saturated rings. The van der Waals surface area contributed by atoms with E-state index in [4.69, 9.17) is 4.74 Å².